The molecule has 5 unspecified atom stereocenters. The van der Waals surface area contributed by atoms with Gasteiger partial charge in [-0.15, -0.1) is 0 Å². The lowest BCUT2D eigenvalue weighted by atomic mass is 9.75. The van der Waals surface area contributed by atoms with Crippen molar-refractivity contribution in [1.29, 1.82) is 0 Å². The molecule has 1 aliphatic carbocycles. The van der Waals surface area contributed by atoms with E-state index in [-0.39, 0.29) is 12.2 Å². The smallest absolute Gasteiger partial charge is 0.314 e. The molecule has 0 bridgehead atoms. The number of rotatable bonds is 7. The molecule has 3 rings (SSSR count). The van der Waals surface area contributed by atoms with Crippen molar-refractivity contribution < 1.29 is 24.1 Å². The van der Waals surface area contributed by atoms with Crippen LogP contribution >= 0.6 is 0 Å². The van der Waals surface area contributed by atoms with Gasteiger partial charge in [-0.2, -0.15) is 0 Å². The van der Waals surface area contributed by atoms with Crippen LogP contribution < -0.4 is 0 Å². The number of hydrogen-bond acceptors (Lipinski definition) is 5. The van der Waals surface area contributed by atoms with Crippen LogP contribution in [0, 0.1) is 17.8 Å². The molecular weight excluding hydrogens is 332 g/mol. The van der Waals surface area contributed by atoms with Gasteiger partial charge in [0.25, 0.3) is 0 Å². The summed E-state index contributed by atoms with van der Waals surface area (Å²) in [4.78, 5) is 0. The maximum Gasteiger partial charge on any atom is 0.314 e. The second-order valence-electron chi connectivity index (χ2n) is 7.94. The van der Waals surface area contributed by atoms with Crippen molar-refractivity contribution in [3.63, 3.8) is 0 Å². The zero-order valence-electron chi connectivity index (χ0n) is 16.1. The number of aliphatic hydroxyl groups excluding tert-OH is 1. The van der Waals surface area contributed by atoms with Crippen LogP contribution in [-0.4, -0.2) is 37.3 Å². The van der Waals surface area contributed by atoms with E-state index in [1.54, 1.807) is 0 Å². The molecule has 1 aliphatic heterocycles. The Bertz CT molecular complexity index is 549. The molecule has 5 atom stereocenters. The van der Waals surface area contributed by atoms with E-state index in [1.165, 1.54) is 12.8 Å². The fourth-order valence-electron chi connectivity index (χ4n) is 4.15. The summed E-state index contributed by atoms with van der Waals surface area (Å²) in [6, 6.07) is 9.45. The van der Waals surface area contributed by atoms with Crippen molar-refractivity contribution in [2.24, 2.45) is 17.8 Å². The van der Waals surface area contributed by atoms with E-state index in [0.717, 1.165) is 12.0 Å². The Morgan fingerprint density at radius 3 is 2.69 bits per heavy atom. The molecule has 0 radical (unpaired) electrons. The summed E-state index contributed by atoms with van der Waals surface area (Å²) in [5, 5.41) is 9.28. The fraction of sp³-hybridized carbons (Fsp3) is 0.714. The molecule has 2 fully saturated rings. The van der Waals surface area contributed by atoms with Gasteiger partial charge in [0.15, 0.2) is 0 Å². The van der Waals surface area contributed by atoms with Crippen LogP contribution in [0.3, 0.4) is 0 Å². The van der Waals surface area contributed by atoms with Crippen LogP contribution in [0.25, 0.3) is 0 Å². The predicted octanol–water partition coefficient (Wildman–Crippen LogP) is 3.66. The van der Waals surface area contributed by atoms with Gasteiger partial charge in [-0.1, -0.05) is 57.5 Å². The van der Waals surface area contributed by atoms with Gasteiger partial charge < -0.3 is 19.3 Å². The summed E-state index contributed by atoms with van der Waals surface area (Å²) in [6.07, 6.45) is 3.67. The fourth-order valence-corrected chi connectivity index (χ4v) is 4.15. The SMILES string of the molecule is CC1CCC(C(C)C)C(OCC2COC(OCO)(c3ccccc3)O2)C1. The predicted molar refractivity (Wildman–Crippen MR) is 98.2 cm³/mol. The molecule has 146 valence electrons. The molecule has 1 aromatic rings. The summed E-state index contributed by atoms with van der Waals surface area (Å²) in [5.74, 6) is 0.578. The van der Waals surface area contributed by atoms with E-state index in [4.69, 9.17) is 18.9 Å². The van der Waals surface area contributed by atoms with E-state index >= 15 is 0 Å². The van der Waals surface area contributed by atoms with Crippen LogP contribution in [0.1, 0.15) is 45.6 Å². The quantitative estimate of drug-likeness (QED) is 0.749. The lowest BCUT2D eigenvalue weighted by Gasteiger charge is -2.37. The second kappa shape index (κ2) is 8.81. The Labute approximate surface area is 156 Å². The van der Waals surface area contributed by atoms with E-state index in [9.17, 15) is 5.11 Å². The van der Waals surface area contributed by atoms with Crippen molar-refractivity contribution in [2.75, 3.05) is 20.0 Å². The standard InChI is InChI=1S/C21H32O5/c1-15(2)19-10-9-16(3)11-20(19)23-12-18-13-24-21(26-18,25-14-22)17-7-5-4-6-8-17/h4-8,15-16,18-20,22H,9-14H2,1-3H3. The lowest BCUT2D eigenvalue weighted by molar-refractivity contribution is -0.368. The monoisotopic (exact) mass is 364 g/mol. The molecule has 26 heavy (non-hydrogen) atoms. The zero-order valence-corrected chi connectivity index (χ0v) is 16.1. The Kier molecular flexibility index (Phi) is 6.70. The van der Waals surface area contributed by atoms with Gasteiger partial charge in [0.05, 0.1) is 19.3 Å². The van der Waals surface area contributed by atoms with Gasteiger partial charge in [0, 0.05) is 5.56 Å². The molecule has 2 aliphatic rings. The third kappa shape index (κ3) is 4.46. The van der Waals surface area contributed by atoms with Crippen LogP contribution in [0.2, 0.25) is 0 Å². The molecule has 1 aromatic carbocycles. The Hall–Kier alpha value is -0.980. The molecule has 1 saturated heterocycles. The Morgan fingerprint density at radius 2 is 2.00 bits per heavy atom. The van der Waals surface area contributed by atoms with Crippen LogP contribution in [0.5, 0.6) is 0 Å². The van der Waals surface area contributed by atoms with Crippen molar-refractivity contribution in [3.8, 4) is 0 Å². The summed E-state index contributed by atoms with van der Waals surface area (Å²) in [7, 11) is 0. The maximum absolute atomic E-state index is 9.28. The number of aliphatic hydroxyl groups is 1. The molecule has 5 nitrogen and oxygen atoms in total. The zero-order chi connectivity index (χ0) is 18.6. The van der Waals surface area contributed by atoms with Crippen molar-refractivity contribution in [3.05, 3.63) is 35.9 Å². The van der Waals surface area contributed by atoms with E-state index in [1.807, 2.05) is 30.3 Å². The topological polar surface area (TPSA) is 57.2 Å². The normalized spacial score (nSPS) is 35.1. The van der Waals surface area contributed by atoms with Gasteiger partial charge in [-0.3, -0.25) is 4.74 Å². The molecule has 1 heterocycles. The summed E-state index contributed by atoms with van der Waals surface area (Å²) >= 11 is 0. The minimum absolute atomic E-state index is 0.216. The van der Waals surface area contributed by atoms with Crippen LogP contribution in [0.4, 0.5) is 0 Å². The lowest BCUT2D eigenvalue weighted by Crippen LogP contribution is -2.37. The number of hydrogen-bond donors (Lipinski definition) is 1. The minimum atomic E-state index is -1.35. The summed E-state index contributed by atoms with van der Waals surface area (Å²) in [5.41, 5.74) is 0.739. The molecule has 1 saturated carbocycles. The molecule has 5 heteroatoms. The first-order valence-corrected chi connectivity index (χ1v) is 9.77. The highest BCUT2D eigenvalue weighted by atomic mass is 16.9. The van der Waals surface area contributed by atoms with Gasteiger partial charge in [-0.05, 0) is 30.6 Å². The van der Waals surface area contributed by atoms with E-state index < -0.39 is 12.8 Å². The first-order valence-electron chi connectivity index (χ1n) is 9.77. The molecular formula is C21H32O5. The van der Waals surface area contributed by atoms with Crippen LogP contribution in [0.15, 0.2) is 30.3 Å². The van der Waals surface area contributed by atoms with Gasteiger partial charge in [-0.25, -0.2) is 0 Å². The van der Waals surface area contributed by atoms with E-state index in [2.05, 4.69) is 20.8 Å². The third-order valence-electron chi connectivity index (χ3n) is 5.62. The summed E-state index contributed by atoms with van der Waals surface area (Å²) < 4.78 is 23.6. The van der Waals surface area contributed by atoms with Crippen molar-refractivity contribution in [1.82, 2.24) is 0 Å². The molecule has 0 amide bonds. The second-order valence-corrected chi connectivity index (χ2v) is 7.94. The Morgan fingerprint density at radius 1 is 1.23 bits per heavy atom. The highest BCUT2D eigenvalue weighted by Gasteiger charge is 2.45. The van der Waals surface area contributed by atoms with E-state index in [0.29, 0.717) is 31.0 Å². The number of ether oxygens (including phenoxy) is 4. The largest absolute Gasteiger partial charge is 0.375 e. The first kappa shape index (κ1) is 19.8. The van der Waals surface area contributed by atoms with Gasteiger partial charge in [0.2, 0.25) is 0 Å². The molecule has 0 aromatic heterocycles. The first-order chi connectivity index (χ1) is 12.5. The maximum atomic E-state index is 9.28. The average Bonchev–Trinajstić information content (AvgIpc) is 3.05. The van der Waals surface area contributed by atoms with Crippen molar-refractivity contribution in [2.45, 2.75) is 58.2 Å². The Balaban J connectivity index is 1.61. The summed E-state index contributed by atoms with van der Waals surface area (Å²) in [6.45, 7) is 7.24. The molecule has 0 spiro atoms. The highest BCUT2D eigenvalue weighted by Crippen LogP contribution is 2.38. The molecule has 1 N–H and O–H groups in total. The minimum Gasteiger partial charge on any atom is -0.375 e. The van der Waals surface area contributed by atoms with Gasteiger partial charge >= 0.3 is 5.97 Å². The van der Waals surface area contributed by atoms with Crippen LogP contribution in [-0.2, 0) is 24.9 Å². The highest BCUT2D eigenvalue weighted by molar-refractivity contribution is 5.19. The average molecular weight is 364 g/mol. The number of benzene rings is 1. The van der Waals surface area contributed by atoms with Gasteiger partial charge in [0.1, 0.15) is 12.9 Å². The van der Waals surface area contributed by atoms with Crippen molar-refractivity contribution >= 4 is 0 Å². The third-order valence-corrected chi connectivity index (χ3v) is 5.62.